The van der Waals surface area contributed by atoms with Gasteiger partial charge in [-0.1, -0.05) is 50.3 Å². The van der Waals surface area contributed by atoms with E-state index >= 15 is 0 Å². The van der Waals surface area contributed by atoms with Crippen LogP contribution in [0.4, 0.5) is 0 Å². The van der Waals surface area contributed by atoms with E-state index in [0.29, 0.717) is 5.25 Å². The van der Waals surface area contributed by atoms with Crippen LogP contribution in [0.15, 0.2) is 0 Å². The molecule has 2 aliphatic rings. The zero-order valence-corrected chi connectivity index (χ0v) is 15.8. The van der Waals surface area contributed by atoms with Crippen LogP contribution in [-0.4, -0.2) is 11.4 Å². The maximum absolute atomic E-state index is 12.3. The first-order valence-corrected chi connectivity index (χ1v) is 11.0. The van der Waals surface area contributed by atoms with E-state index in [9.17, 15) is 4.89 Å². The number of rotatable bonds is 4. The van der Waals surface area contributed by atoms with Crippen molar-refractivity contribution in [3.63, 3.8) is 0 Å². The molecule has 0 bridgehead atoms. The summed E-state index contributed by atoms with van der Waals surface area (Å²) >= 11 is 6.67. The van der Waals surface area contributed by atoms with Crippen molar-refractivity contribution in [2.45, 2.75) is 75.6 Å². The maximum atomic E-state index is 12.3. The van der Waals surface area contributed by atoms with Crippen molar-refractivity contribution in [2.24, 2.45) is 0 Å². The molecule has 2 fully saturated rings. The van der Waals surface area contributed by atoms with Crippen LogP contribution in [-0.2, 0) is 16.3 Å². The van der Waals surface area contributed by atoms with Gasteiger partial charge in [0.05, 0.1) is 6.10 Å². The molecule has 0 N–H and O–H groups in total. The first kappa shape index (κ1) is 18.0. The molecule has 0 amide bonds. The normalized spacial score (nSPS) is 26.3. The van der Waals surface area contributed by atoms with Crippen molar-refractivity contribution >= 4 is 28.9 Å². The first-order valence-electron chi connectivity index (χ1n) is 6.83. The summed E-state index contributed by atoms with van der Waals surface area (Å²) in [5.41, 5.74) is -2.83. The fourth-order valence-electron chi connectivity index (χ4n) is 2.73. The molecule has 0 radical (unpaired) electrons. The molecule has 2 rings (SSSR count). The Balaban J connectivity index is 0.00000162. The standard InChI is InChI=1S/C12H23O2PS2.Na/c13-15(16,14-11-7-3-1-4-8-11)17-12-9-5-2-6-10-12;/h11-12H,1-10H2,(H,13,16);/q;+1/p-1. The van der Waals surface area contributed by atoms with Gasteiger partial charge in [-0.05, 0) is 25.7 Å². The van der Waals surface area contributed by atoms with Crippen LogP contribution in [0.2, 0.25) is 0 Å². The van der Waals surface area contributed by atoms with Gasteiger partial charge in [-0.3, -0.25) is 0 Å². The SMILES string of the molecule is [Na+].[O-]P(=S)(OC1CCCCC1)SC1CCCCC1. The van der Waals surface area contributed by atoms with Crippen LogP contribution in [0.25, 0.3) is 0 Å². The average Bonchev–Trinajstić information content (AvgIpc) is 2.30. The Morgan fingerprint density at radius 1 is 0.944 bits per heavy atom. The fraction of sp³-hybridized carbons (Fsp3) is 1.00. The van der Waals surface area contributed by atoms with Gasteiger partial charge in [0, 0.05) is 10.9 Å². The summed E-state index contributed by atoms with van der Waals surface area (Å²) in [7, 11) is 0. The minimum absolute atomic E-state index is 0. The van der Waals surface area contributed by atoms with Gasteiger partial charge < -0.3 is 9.42 Å². The second-order valence-corrected chi connectivity index (χ2v) is 11.4. The zero-order valence-electron chi connectivity index (χ0n) is 11.3. The second kappa shape index (κ2) is 9.04. The van der Waals surface area contributed by atoms with E-state index in [1.807, 2.05) is 0 Å². The van der Waals surface area contributed by atoms with Gasteiger partial charge in [0.25, 0.3) is 0 Å². The monoisotopic (exact) mass is 316 g/mol. The van der Waals surface area contributed by atoms with Crippen molar-refractivity contribution in [3.05, 3.63) is 0 Å². The fourth-order valence-corrected chi connectivity index (χ4v) is 7.97. The Morgan fingerprint density at radius 3 is 2.00 bits per heavy atom. The largest absolute Gasteiger partial charge is 1.00 e. The average molecular weight is 316 g/mol. The van der Waals surface area contributed by atoms with Crippen molar-refractivity contribution in [3.8, 4) is 0 Å². The van der Waals surface area contributed by atoms with Crippen molar-refractivity contribution < 1.29 is 39.0 Å². The van der Waals surface area contributed by atoms with E-state index in [2.05, 4.69) is 0 Å². The summed E-state index contributed by atoms with van der Waals surface area (Å²) in [5, 5.41) is 0.482. The summed E-state index contributed by atoms with van der Waals surface area (Å²) < 4.78 is 5.71. The molecule has 2 aliphatic carbocycles. The molecule has 0 aromatic carbocycles. The van der Waals surface area contributed by atoms with Crippen molar-refractivity contribution in [1.29, 1.82) is 0 Å². The first-order chi connectivity index (χ1) is 8.16. The molecular weight excluding hydrogens is 294 g/mol. The maximum Gasteiger partial charge on any atom is 1.00 e. The number of hydrogen-bond donors (Lipinski definition) is 0. The van der Waals surface area contributed by atoms with Gasteiger partial charge in [0.2, 0.25) is 0 Å². The minimum Gasteiger partial charge on any atom is -0.793 e. The molecule has 0 heterocycles. The van der Waals surface area contributed by atoms with Crippen LogP contribution in [0.1, 0.15) is 64.2 Å². The Kier molecular flexibility index (Phi) is 9.03. The second-order valence-electron chi connectivity index (χ2n) is 5.18. The summed E-state index contributed by atoms with van der Waals surface area (Å²) in [6.45, 7) is 0. The molecule has 100 valence electrons. The quantitative estimate of drug-likeness (QED) is 0.572. The molecule has 2 nitrogen and oxygen atoms in total. The summed E-state index contributed by atoms with van der Waals surface area (Å²) in [6.07, 6.45) is 12.1. The predicted molar refractivity (Wildman–Crippen MR) is 76.7 cm³/mol. The van der Waals surface area contributed by atoms with Crippen LogP contribution in [0.5, 0.6) is 0 Å². The summed E-state index contributed by atoms with van der Waals surface area (Å²) in [6, 6.07) is 0. The van der Waals surface area contributed by atoms with Crippen LogP contribution in [0.3, 0.4) is 0 Å². The van der Waals surface area contributed by atoms with Gasteiger partial charge in [-0.25, -0.2) is 0 Å². The van der Waals surface area contributed by atoms with Crippen LogP contribution >= 0.6 is 17.1 Å². The summed E-state index contributed by atoms with van der Waals surface area (Å²) in [4.78, 5) is 12.3. The Bertz CT molecular complexity index is 255. The third-order valence-corrected chi connectivity index (χ3v) is 8.20. The molecule has 0 saturated heterocycles. The molecule has 0 aliphatic heterocycles. The Morgan fingerprint density at radius 2 is 1.44 bits per heavy atom. The molecule has 2 saturated carbocycles. The Hall–Kier alpha value is 1.92. The van der Waals surface area contributed by atoms with Gasteiger partial charge in [0.15, 0.2) is 0 Å². The molecule has 6 heteroatoms. The van der Waals surface area contributed by atoms with E-state index in [-0.39, 0.29) is 35.7 Å². The molecule has 1 unspecified atom stereocenters. The third-order valence-electron chi connectivity index (χ3n) is 3.66. The molecule has 18 heavy (non-hydrogen) atoms. The topological polar surface area (TPSA) is 32.3 Å². The van der Waals surface area contributed by atoms with Crippen LogP contribution < -0.4 is 34.5 Å². The van der Waals surface area contributed by atoms with E-state index in [1.54, 1.807) is 0 Å². The minimum atomic E-state index is -2.83. The molecule has 0 aromatic heterocycles. The van der Waals surface area contributed by atoms with Crippen molar-refractivity contribution in [2.75, 3.05) is 0 Å². The van der Waals surface area contributed by atoms with E-state index in [0.717, 1.165) is 12.8 Å². The van der Waals surface area contributed by atoms with E-state index in [1.165, 1.54) is 62.7 Å². The molecular formula is C12H22NaO2PS2. The van der Waals surface area contributed by atoms with Gasteiger partial charge in [0.1, 0.15) is 0 Å². The van der Waals surface area contributed by atoms with Gasteiger partial charge >= 0.3 is 29.6 Å². The third kappa shape index (κ3) is 6.58. The smallest absolute Gasteiger partial charge is 0.793 e. The van der Waals surface area contributed by atoms with Crippen LogP contribution in [0, 0.1) is 0 Å². The Labute approximate surface area is 142 Å². The van der Waals surface area contributed by atoms with Gasteiger partial charge in [-0.2, -0.15) is 0 Å². The van der Waals surface area contributed by atoms with Gasteiger partial charge in [-0.15, -0.1) is 11.4 Å². The van der Waals surface area contributed by atoms with E-state index in [4.69, 9.17) is 16.3 Å². The zero-order chi connectivity index (χ0) is 12.1. The number of hydrogen-bond acceptors (Lipinski definition) is 4. The predicted octanol–water partition coefficient (Wildman–Crippen LogP) is 0.990. The van der Waals surface area contributed by atoms with Crippen molar-refractivity contribution in [1.82, 2.24) is 0 Å². The van der Waals surface area contributed by atoms with E-state index < -0.39 is 5.69 Å². The molecule has 1 atom stereocenters. The molecule has 0 spiro atoms. The molecule has 0 aromatic rings. The summed E-state index contributed by atoms with van der Waals surface area (Å²) in [5.74, 6) is 0.